The Morgan fingerprint density at radius 1 is 1.19 bits per heavy atom. The van der Waals surface area contributed by atoms with Gasteiger partial charge in [0.2, 0.25) is 0 Å². The highest BCUT2D eigenvalue weighted by Gasteiger charge is 2.11. The van der Waals surface area contributed by atoms with E-state index in [1.807, 2.05) is 6.20 Å². The SMILES string of the molecule is Cc1ccc(-c2[nH]ncc2CNCCN2CCCC2)cc1. The number of likely N-dealkylation sites (tertiary alicyclic amines) is 1. The zero-order chi connectivity index (χ0) is 14.5. The van der Waals surface area contributed by atoms with Crippen molar-refractivity contribution >= 4 is 0 Å². The molecule has 4 nitrogen and oxygen atoms in total. The maximum Gasteiger partial charge on any atom is 0.0695 e. The van der Waals surface area contributed by atoms with Gasteiger partial charge in [-0.1, -0.05) is 29.8 Å². The molecule has 0 saturated carbocycles. The van der Waals surface area contributed by atoms with Crippen LogP contribution in [0.4, 0.5) is 0 Å². The smallest absolute Gasteiger partial charge is 0.0695 e. The van der Waals surface area contributed by atoms with Gasteiger partial charge in [0.25, 0.3) is 0 Å². The van der Waals surface area contributed by atoms with Gasteiger partial charge >= 0.3 is 0 Å². The highest BCUT2D eigenvalue weighted by molar-refractivity contribution is 5.62. The second-order valence-electron chi connectivity index (χ2n) is 5.86. The van der Waals surface area contributed by atoms with Gasteiger partial charge in [0, 0.05) is 25.2 Å². The van der Waals surface area contributed by atoms with Crippen molar-refractivity contribution in [3.63, 3.8) is 0 Å². The summed E-state index contributed by atoms with van der Waals surface area (Å²) < 4.78 is 0. The third-order valence-electron chi connectivity index (χ3n) is 4.18. The molecule has 0 atom stereocenters. The molecular formula is C17H24N4. The van der Waals surface area contributed by atoms with E-state index in [-0.39, 0.29) is 0 Å². The van der Waals surface area contributed by atoms with E-state index in [2.05, 4.69) is 51.6 Å². The molecule has 1 aromatic heterocycles. The summed E-state index contributed by atoms with van der Waals surface area (Å²) in [7, 11) is 0. The number of nitrogens with zero attached hydrogens (tertiary/aromatic N) is 2. The van der Waals surface area contributed by atoms with Gasteiger partial charge in [-0.05, 0) is 38.4 Å². The first-order valence-corrected chi connectivity index (χ1v) is 7.85. The van der Waals surface area contributed by atoms with Gasteiger partial charge in [0.1, 0.15) is 0 Å². The fraction of sp³-hybridized carbons (Fsp3) is 0.471. The van der Waals surface area contributed by atoms with Crippen molar-refractivity contribution in [2.75, 3.05) is 26.2 Å². The molecule has 0 amide bonds. The summed E-state index contributed by atoms with van der Waals surface area (Å²) in [6.45, 7) is 7.70. The van der Waals surface area contributed by atoms with E-state index in [0.717, 1.165) is 25.3 Å². The summed E-state index contributed by atoms with van der Waals surface area (Å²) in [5.41, 5.74) is 4.85. The van der Waals surface area contributed by atoms with E-state index >= 15 is 0 Å². The summed E-state index contributed by atoms with van der Waals surface area (Å²) in [4.78, 5) is 2.53. The number of H-pyrrole nitrogens is 1. The van der Waals surface area contributed by atoms with E-state index in [1.54, 1.807) is 0 Å². The maximum absolute atomic E-state index is 4.20. The summed E-state index contributed by atoms with van der Waals surface area (Å²) >= 11 is 0. The number of benzene rings is 1. The fourth-order valence-corrected chi connectivity index (χ4v) is 2.88. The predicted molar refractivity (Wildman–Crippen MR) is 86.1 cm³/mol. The van der Waals surface area contributed by atoms with Crippen LogP contribution >= 0.6 is 0 Å². The molecule has 1 fully saturated rings. The highest BCUT2D eigenvalue weighted by Crippen LogP contribution is 2.21. The number of rotatable bonds is 6. The van der Waals surface area contributed by atoms with Crippen LogP contribution < -0.4 is 5.32 Å². The van der Waals surface area contributed by atoms with Crippen molar-refractivity contribution in [1.82, 2.24) is 20.4 Å². The Balaban J connectivity index is 1.54. The van der Waals surface area contributed by atoms with E-state index in [4.69, 9.17) is 0 Å². The molecule has 112 valence electrons. The molecule has 1 saturated heterocycles. The standard InChI is InChI=1S/C17H24N4/c1-14-4-6-15(7-5-14)17-16(13-19-20-17)12-18-8-11-21-9-2-3-10-21/h4-7,13,18H,2-3,8-12H2,1H3,(H,19,20). The van der Waals surface area contributed by atoms with Crippen LogP contribution in [-0.4, -0.2) is 41.3 Å². The molecule has 1 aliphatic rings. The number of nitrogens with one attached hydrogen (secondary N) is 2. The number of hydrogen-bond acceptors (Lipinski definition) is 3. The Labute approximate surface area is 126 Å². The van der Waals surface area contributed by atoms with Crippen LogP contribution in [0.25, 0.3) is 11.3 Å². The second-order valence-corrected chi connectivity index (χ2v) is 5.86. The highest BCUT2D eigenvalue weighted by atomic mass is 15.2. The Bertz CT molecular complexity index is 552. The van der Waals surface area contributed by atoms with Crippen LogP contribution in [0, 0.1) is 6.92 Å². The van der Waals surface area contributed by atoms with Crippen LogP contribution in [0.1, 0.15) is 24.0 Å². The minimum atomic E-state index is 0.869. The molecule has 4 heteroatoms. The van der Waals surface area contributed by atoms with Crippen LogP contribution in [0.3, 0.4) is 0 Å². The van der Waals surface area contributed by atoms with Crippen molar-refractivity contribution in [3.05, 3.63) is 41.6 Å². The molecule has 2 heterocycles. The van der Waals surface area contributed by atoms with Crippen LogP contribution in [0.15, 0.2) is 30.5 Å². The average Bonchev–Trinajstić information content (AvgIpc) is 3.16. The molecule has 0 radical (unpaired) electrons. The third-order valence-corrected chi connectivity index (χ3v) is 4.18. The third kappa shape index (κ3) is 3.71. The molecule has 2 aromatic rings. The molecule has 0 aliphatic carbocycles. The number of hydrogen-bond donors (Lipinski definition) is 2. The van der Waals surface area contributed by atoms with Crippen LogP contribution in [0.5, 0.6) is 0 Å². The molecule has 21 heavy (non-hydrogen) atoms. The zero-order valence-corrected chi connectivity index (χ0v) is 12.7. The van der Waals surface area contributed by atoms with E-state index in [0.29, 0.717) is 0 Å². The Hall–Kier alpha value is -1.65. The first kappa shape index (κ1) is 14.3. The fourth-order valence-electron chi connectivity index (χ4n) is 2.88. The van der Waals surface area contributed by atoms with Crippen molar-refractivity contribution in [1.29, 1.82) is 0 Å². The Kier molecular flexibility index (Phi) is 4.68. The lowest BCUT2D eigenvalue weighted by Crippen LogP contribution is -2.29. The second kappa shape index (κ2) is 6.87. The van der Waals surface area contributed by atoms with Gasteiger partial charge in [-0.2, -0.15) is 5.10 Å². The van der Waals surface area contributed by atoms with Crippen molar-refractivity contribution in [2.24, 2.45) is 0 Å². The first-order valence-electron chi connectivity index (χ1n) is 7.85. The van der Waals surface area contributed by atoms with Gasteiger partial charge in [-0.15, -0.1) is 0 Å². The number of aromatic nitrogens is 2. The molecule has 0 spiro atoms. The summed E-state index contributed by atoms with van der Waals surface area (Å²) in [6, 6.07) is 8.58. The van der Waals surface area contributed by atoms with Crippen LogP contribution in [0.2, 0.25) is 0 Å². The van der Waals surface area contributed by atoms with Gasteiger partial charge in [-0.25, -0.2) is 0 Å². The zero-order valence-electron chi connectivity index (χ0n) is 12.7. The van der Waals surface area contributed by atoms with E-state index < -0.39 is 0 Å². The van der Waals surface area contributed by atoms with Crippen molar-refractivity contribution < 1.29 is 0 Å². The summed E-state index contributed by atoms with van der Waals surface area (Å²) in [6.07, 6.45) is 4.65. The van der Waals surface area contributed by atoms with Gasteiger partial charge < -0.3 is 10.2 Å². The molecule has 3 rings (SSSR count). The van der Waals surface area contributed by atoms with E-state index in [9.17, 15) is 0 Å². The Morgan fingerprint density at radius 3 is 2.71 bits per heavy atom. The largest absolute Gasteiger partial charge is 0.311 e. The molecule has 2 N–H and O–H groups in total. The van der Waals surface area contributed by atoms with Crippen LogP contribution in [-0.2, 0) is 6.54 Å². The van der Waals surface area contributed by atoms with Crippen molar-refractivity contribution in [3.8, 4) is 11.3 Å². The topological polar surface area (TPSA) is 44.0 Å². The number of aryl methyl sites for hydroxylation is 1. The lowest BCUT2D eigenvalue weighted by atomic mass is 10.1. The average molecular weight is 284 g/mol. The molecular weight excluding hydrogens is 260 g/mol. The molecule has 1 aliphatic heterocycles. The van der Waals surface area contributed by atoms with Crippen molar-refractivity contribution in [2.45, 2.75) is 26.3 Å². The van der Waals surface area contributed by atoms with Gasteiger partial charge in [-0.3, -0.25) is 5.10 Å². The maximum atomic E-state index is 4.20. The lowest BCUT2D eigenvalue weighted by molar-refractivity contribution is 0.335. The quantitative estimate of drug-likeness (QED) is 0.801. The van der Waals surface area contributed by atoms with E-state index in [1.165, 1.54) is 42.6 Å². The monoisotopic (exact) mass is 284 g/mol. The summed E-state index contributed by atoms with van der Waals surface area (Å²) in [5.74, 6) is 0. The first-order chi connectivity index (χ1) is 10.3. The minimum absolute atomic E-state index is 0.869. The summed E-state index contributed by atoms with van der Waals surface area (Å²) in [5, 5.41) is 10.9. The van der Waals surface area contributed by atoms with Gasteiger partial charge in [0.15, 0.2) is 0 Å². The molecule has 1 aromatic carbocycles. The lowest BCUT2D eigenvalue weighted by Gasteiger charge is -2.14. The van der Waals surface area contributed by atoms with Gasteiger partial charge in [0.05, 0.1) is 11.9 Å². The Morgan fingerprint density at radius 2 is 1.95 bits per heavy atom. The molecule has 0 unspecified atom stereocenters. The normalized spacial score (nSPS) is 15.7. The number of aromatic amines is 1. The molecule has 0 bridgehead atoms. The predicted octanol–water partition coefficient (Wildman–Crippen LogP) is 2.57. The minimum Gasteiger partial charge on any atom is -0.311 e.